The molecule has 4 heteroatoms. The van der Waals surface area contributed by atoms with Gasteiger partial charge in [-0.25, -0.2) is 0 Å². The Kier molecular flexibility index (Phi) is 5.32. The first-order valence-electron chi connectivity index (χ1n) is 8.98. The van der Waals surface area contributed by atoms with Gasteiger partial charge in [0.15, 0.2) is 0 Å². The highest BCUT2D eigenvalue weighted by atomic mass is 19.4. The fraction of sp³-hybridized carbons (Fsp3) is 0.167. The van der Waals surface area contributed by atoms with E-state index in [1.807, 2.05) is 49.4 Å². The Hall–Kier alpha value is -3.01. The highest BCUT2D eigenvalue weighted by Gasteiger charge is 2.31. The van der Waals surface area contributed by atoms with Crippen LogP contribution in [0.4, 0.5) is 13.2 Å². The number of allylic oxidation sites excluding steroid dienone is 4. The zero-order valence-electron chi connectivity index (χ0n) is 16.1. The van der Waals surface area contributed by atoms with Gasteiger partial charge in [-0.15, -0.1) is 0 Å². The molecule has 1 nitrogen and oxygen atoms in total. The van der Waals surface area contributed by atoms with Crippen molar-refractivity contribution in [1.29, 1.82) is 0 Å². The summed E-state index contributed by atoms with van der Waals surface area (Å²) in [6.07, 6.45) is 1.29. The normalized spacial score (nSPS) is 12.9. The minimum Gasteiger partial charge on any atom is -0.358 e. The van der Waals surface area contributed by atoms with E-state index in [0.29, 0.717) is 16.7 Å². The number of H-pyrrole nitrogens is 1. The monoisotopic (exact) mass is 381 g/mol. The lowest BCUT2D eigenvalue weighted by Gasteiger charge is -2.14. The van der Waals surface area contributed by atoms with Gasteiger partial charge >= 0.3 is 6.18 Å². The molecule has 3 rings (SSSR count). The molecule has 0 atom stereocenters. The first-order chi connectivity index (χ1) is 13.2. The molecule has 0 unspecified atom stereocenters. The number of aromatic nitrogens is 1. The molecule has 0 bridgehead atoms. The Morgan fingerprint density at radius 2 is 1.79 bits per heavy atom. The van der Waals surface area contributed by atoms with E-state index in [2.05, 4.69) is 11.6 Å². The number of benzene rings is 2. The molecule has 0 amide bonds. The van der Waals surface area contributed by atoms with Crippen LogP contribution in [0.2, 0.25) is 0 Å². The number of hydrogen-bond donors (Lipinski definition) is 1. The highest BCUT2D eigenvalue weighted by Crippen LogP contribution is 2.34. The Labute approximate surface area is 162 Å². The van der Waals surface area contributed by atoms with Crippen LogP contribution in [-0.4, -0.2) is 4.98 Å². The van der Waals surface area contributed by atoms with Crippen molar-refractivity contribution in [2.45, 2.75) is 26.9 Å². The van der Waals surface area contributed by atoms with Crippen molar-refractivity contribution in [2.24, 2.45) is 0 Å². The third-order valence-electron chi connectivity index (χ3n) is 4.78. The molecule has 0 fully saturated rings. The lowest BCUT2D eigenvalue weighted by atomic mass is 9.93. The van der Waals surface area contributed by atoms with Gasteiger partial charge in [-0.3, -0.25) is 0 Å². The van der Waals surface area contributed by atoms with Crippen LogP contribution in [0.5, 0.6) is 0 Å². The van der Waals surface area contributed by atoms with Gasteiger partial charge in [0.25, 0.3) is 0 Å². The Morgan fingerprint density at radius 1 is 1.07 bits per heavy atom. The summed E-state index contributed by atoms with van der Waals surface area (Å²) in [5, 5.41) is 1.11. The SMILES string of the molecule is C=C(C)/C(=C\C=C\c1c(C)[nH]c2ccccc12)c1cc(C(F)(F)F)ccc1C. The average molecular weight is 381 g/mol. The number of alkyl halides is 3. The molecule has 0 aliphatic carbocycles. The maximum Gasteiger partial charge on any atom is 0.416 e. The molecule has 0 saturated heterocycles. The predicted molar refractivity (Wildman–Crippen MR) is 111 cm³/mol. The molecule has 0 saturated carbocycles. The lowest BCUT2D eigenvalue weighted by Crippen LogP contribution is -2.06. The van der Waals surface area contributed by atoms with Gasteiger partial charge in [0.2, 0.25) is 0 Å². The summed E-state index contributed by atoms with van der Waals surface area (Å²) < 4.78 is 39.4. The maximum absolute atomic E-state index is 13.1. The molecule has 0 spiro atoms. The third kappa shape index (κ3) is 3.96. The summed E-state index contributed by atoms with van der Waals surface area (Å²) in [4.78, 5) is 3.34. The van der Waals surface area contributed by atoms with Crippen LogP contribution >= 0.6 is 0 Å². The second-order valence-corrected chi connectivity index (χ2v) is 6.96. The highest BCUT2D eigenvalue weighted by molar-refractivity contribution is 5.91. The number of rotatable bonds is 4. The van der Waals surface area contributed by atoms with E-state index in [-0.39, 0.29) is 0 Å². The summed E-state index contributed by atoms with van der Waals surface area (Å²) in [7, 11) is 0. The van der Waals surface area contributed by atoms with Crippen LogP contribution in [-0.2, 0) is 6.18 Å². The van der Waals surface area contributed by atoms with Crippen molar-refractivity contribution in [1.82, 2.24) is 4.98 Å². The van der Waals surface area contributed by atoms with Crippen molar-refractivity contribution in [2.75, 3.05) is 0 Å². The average Bonchev–Trinajstić information content (AvgIpc) is 2.94. The van der Waals surface area contributed by atoms with E-state index in [4.69, 9.17) is 0 Å². The predicted octanol–water partition coefficient (Wildman–Crippen LogP) is 7.48. The summed E-state index contributed by atoms with van der Waals surface area (Å²) >= 11 is 0. The zero-order valence-corrected chi connectivity index (χ0v) is 16.1. The fourth-order valence-corrected chi connectivity index (χ4v) is 3.30. The first kappa shape index (κ1) is 19.7. The summed E-state index contributed by atoms with van der Waals surface area (Å²) in [6, 6.07) is 11.8. The Bertz CT molecular complexity index is 1090. The molecule has 0 radical (unpaired) electrons. The topological polar surface area (TPSA) is 15.8 Å². The number of aromatic amines is 1. The molecular formula is C24H22F3N. The molecule has 28 heavy (non-hydrogen) atoms. The number of fused-ring (bicyclic) bond motifs is 1. The van der Waals surface area contributed by atoms with Gasteiger partial charge in [-0.2, -0.15) is 13.2 Å². The first-order valence-corrected chi connectivity index (χ1v) is 8.98. The number of aryl methyl sites for hydroxylation is 2. The molecule has 1 aromatic heterocycles. The quantitative estimate of drug-likeness (QED) is 0.451. The number of para-hydroxylation sites is 1. The van der Waals surface area contributed by atoms with E-state index in [9.17, 15) is 13.2 Å². The van der Waals surface area contributed by atoms with Crippen LogP contribution < -0.4 is 0 Å². The standard InChI is InChI=1S/C24H22F3N/c1-15(2)19(22-14-18(24(25,26)27)13-12-16(22)3)9-7-10-20-17(4)28-23-11-6-5-8-21(20)23/h5-14,28H,1H2,2-4H3/b10-7+,19-9+. The van der Waals surface area contributed by atoms with E-state index in [0.717, 1.165) is 33.8 Å². The van der Waals surface area contributed by atoms with Crippen molar-refractivity contribution < 1.29 is 13.2 Å². The maximum atomic E-state index is 13.1. The van der Waals surface area contributed by atoms with Gasteiger partial charge in [0.05, 0.1) is 5.56 Å². The summed E-state index contributed by atoms with van der Waals surface area (Å²) in [6.45, 7) is 9.57. The van der Waals surface area contributed by atoms with Crippen molar-refractivity contribution >= 4 is 22.6 Å². The van der Waals surface area contributed by atoms with E-state index in [1.165, 1.54) is 12.1 Å². The molecule has 1 heterocycles. The molecular weight excluding hydrogens is 359 g/mol. The van der Waals surface area contributed by atoms with Crippen molar-refractivity contribution in [3.8, 4) is 0 Å². The Balaban J connectivity index is 2.04. The molecule has 0 aliphatic heterocycles. The van der Waals surface area contributed by atoms with E-state index in [1.54, 1.807) is 13.8 Å². The molecule has 1 N–H and O–H groups in total. The summed E-state index contributed by atoms with van der Waals surface area (Å²) in [5.74, 6) is 0. The fourth-order valence-electron chi connectivity index (χ4n) is 3.30. The minimum atomic E-state index is -4.38. The van der Waals surface area contributed by atoms with Crippen LogP contribution in [0.3, 0.4) is 0 Å². The third-order valence-corrected chi connectivity index (χ3v) is 4.78. The summed E-state index contributed by atoms with van der Waals surface area (Å²) in [5.41, 5.74) is 5.22. The smallest absolute Gasteiger partial charge is 0.358 e. The van der Waals surface area contributed by atoms with Crippen LogP contribution in [0.15, 0.2) is 66.8 Å². The van der Waals surface area contributed by atoms with Gasteiger partial charge in [-0.1, -0.05) is 54.6 Å². The van der Waals surface area contributed by atoms with Crippen LogP contribution in [0.1, 0.15) is 34.9 Å². The van der Waals surface area contributed by atoms with Gasteiger partial charge in [-0.05, 0) is 55.7 Å². The zero-order chi connectivity index (χ0) is 20.5. The largest absolute Gasteiger partial charge is 0.416 e. The van der Waals surface area contributed by atoms with E-state index >= 15 is 0 Å². The molecule has 2 aromatic carbocycles. The van der Waals surface area contributed by atoms with Crippen LogP contribution in [0.25, 0.3) is 22.6 Å². The van der Waals surface area contributed by atoms with Crippen molar-refractivity contribution in [3.05, 3.63) is 94.7 Å². The minimum absolute atomic E-state index is 0.544. The van der Waals surface area contributed by atoms with Gasteiger partial charge < -0.3 is 4.98 Å². The number of halogens is 3. The van der Waals surface area contributed by atoms with Gasteiger partial charge in [0, 0.05) is 22.2 Å². The Morgan fingerprint density at radius 3 is 2.46 bits per heavy atom. The second kappa shape index (κ2) is 7.55. The van der Waals surface area contributed by atoms with E-state index < -0.39 is 11.7 Å². The molecule has 0 aliphatic rings. The van der Waals surface area contributed by atoms with Gasteiger partial charge in [0.1, 0.15) is 0 Å². The van der Waals surface area contributed by atoms with Crippen LogP contribution in [0, 0.1) is 13.8 Å². The number of nitrogens with one attached hydrogen (secondary N) is 1. The molecule has 144 valence electrons. The second-order valence-electron chi connectivity index (χ2n) is 6.96. The molecule has 3 aromatic rings. The lowest BCUT2D eigenvalue weighted by molar-refractivity contribution is -0.137. The number of hydrogen-bond acceptors (Lipinski definition) is 0. The van der Waals surface area contributed by atoms with Crippen molar-refractivity contribution in [3.63, 3.8) is 0 Å².